The summed E-state index contributed by atoms with van der Waals surface area (Å²) in [6.07, 6.45) is 4.55. The van der Waals surface area contributed by atoms with Crippen molar-refractivity contribution in [3.05, 3.63) is 12.7 Å². The number of hydrogen-bond donors (Lipinski definition) is 3. The number of nitrogens with two attached hydrogens (primary N) is 2. The normalized spacial score (nSPS) is 8.36. The van der Waals surface area contributed by atoms with Gasteiger partial charge in [0.25, 0.3) is 0 Å². The van der Waals surface area contributed by atoms with Gasteiger partial charge in [-0.15, -0.1) is 0 Å². The van der Waals surface area contributed by atoms with Crippen LogP contribution in [0.1, 0.15) is 19.3 Å². The Morgan fingerprint density at radius 2 is 1.64 bits per heavy atom. The van der Waals surface area contributed by atoms with E-state index in [1.165, 1.54) is 12.5 Å². The Bertz CT molecular complexity index is 132. The molecule has 0 unspecified atom stereocenters. The van der Waals surface area contributed by atoms with Crippen LogP contribution >= 0.6 is 0 Å². The summed E-state index contributed by atoms with van der Waals surface area (Å²) < 4.78 is 0. The van der Waals surface area contributed by atoms with Crippen molar-refractivity contribution in [3.8, 4) is 6.07 Å². The largest absolute Gasteiger partial charge is 0.330 e. The monoisotopic (exact) mass is 198 g/mol. The smallest absolute Gasteiger partial charge is 0.0905 e. The first kappa shape index (κ1) is 15.6. The van der Waals surface area contributed by atoms with Crippen LogP contribution in [0.3, 0.4) is 0 Å². The topological polar surface area (TPSA) is 87.9 Å². The van der Waals surface area contributed by atoms with Gasteiger partial charge in [0.05, 0.1) is 6.07 Å². The summed E-state index contributed by atoms with van der Waals surface area (Å²) in [6.45, 7) is 6.83. The number of rotatable bonds is 7. The summed E-state index contributed by atoms with van der Waals surface area (Å²) in [5.41, 5.74) is 10.6. The second-order valence-corrected chi connectivity index (χ2v) is 2.72. The SMILES string of the molecule is C=CC#N.NCCCCNCCCN. The van der Waals surface area contributed by atoms with Gasteiger partial charge in [0.15, 0.2) is 0 Å². The van der Waals surface area contributed by atoms with Crippen molar-refractivity contribution in [2.45, 2.75) is 19.3 Å². The predicted molar refractivity (Wildman–Crippen MR) is 60.6 cm³/mol. The van der Waals surface area contributed by atoms with Crippen molar-refractivity contribution in [3.63, 3.8) is 0 Å². The van der Waals surface area contributed by atoms with Gasteiger partial charge in [0.2, 0.25) is 0 Å². The van der Waals surface area contributed by atoms with E-state index in [1.54, 1.807) is 6.07 Å². The van der Waals surface area contributed by atoms with Crippen LogP contribution in [-0.2, 0) is 0 Å². The first-order chi connectivity index (χ1) is 6.83. The number of nitriles is 1. The molecular weight excluding hydrogens is 176 g/mol. The third-order valence-electron chi connectivity index (χ3n) is 1.46. The van der Waals surface area contributed by atoms with E-state index in [0.29, 0.717) is 0 Å². The maximum Gasteiger partial charge on any atom is 0.0905 e. The standard InChI is InChI=1S/C7H19N3.C3H3N/c8-4-1-2-6-10-7-3-5-9;1-2-3-4/h10H,1-9H2;2H,1H2. The molecule has 0 aromatic heterocycles. The molecule has 4 heteroatoms. The fraction of sp³-hybridized carbons (Fsp3) is 0.700. The zero-order chi connectivity index (χ0) is 11.1. The van der Waals surface area contributed by atoms with Gasteiger partial charge in [0, 0.05) is 6.08 Å². The second kappa shape index (κ2) is 18.0. The highest BCUT2D eigenvalue weighted by Gasteiger charge is 1.85. The van der Waals surface area contributed by atoms with Gasteiger partial charge in [0.1, 0.15) is 0 Å². The van der Waals surface area contributed by atoms with E-state index in [1.807, 2.05) is 0 Å². The van der Waals surface area contributed by atoms with Crippen LogP contribution in [0.5, 0.6) is 0 Å². The van der Waals surface area contributed by atoms with Crippen LogP contribution in [-0.4, -0.2) is 26.2 Å². The predicted octanol–water partition coefficient (Wildman–Crippen LogP) is 0.360. The van der Waals surface area contributed by atoms with Crippen LogP contribution in [0.25, 0.3) is 0 Å². The maximum atomic E-state index is 7.51. The van der Waals surface area contributed by atoms with E-state index in [2.05, 4.69) is 11.9 Å². The van der Waals surface area contributed by atoms with E-state index in [9.17, 15) is 0 Å². The molecule has 0 rings (SSSR count). The molecule has 0 spiro atoms. The minimum Gasteiger partial charge on any atom is -0.330 e. The molecule has 0 aromatic rings. The molecule has 0 fully saturated rings. The summed E-state index contributed by atoms with van der Waals surface area (Å²) in [7, 11) is 0. The molecule has 0 aliphatic rings. The average molecular weight is 198 g/mol. The third kappa shape index (κ3) is 22.5. The van der Waals surface area contributed by atoms with Gasteiger partial charge >= 0.3 is 0 Å². The Labute approximate surface area is 87.0 Å². The summed E-state index contributed by atoms with van der Waals surface area (Å²) >= 11 is 0. The fourth-order valence-electron chi connectivity index (χ4n) is 0.746. The van der Waals surface area contributed by atoms with Crippen LogP contribution in [0, 0.1) is 11.3 Å². The lowest BCUT2D eigenvalue weighted by atomic mass is 10.3. The van der Waals surface area contributed by atoms with Gasteiger partial charge in [-0.25, -0.2) is 0 Å². The number of nitrogens with zero attached hydrogens (tertiary/aromatic N) is 1. The van der Waals surface area contributed by atoms with Crippen molar-refractivity contribution in [2.75, 3.05) is 26.2 Å². The van der Waals surface area contributed by atoms with Crippen LogP contribution < -0.4 is 16.8 Å². The third-order valence-corrected chi connectivity index (χ3v) is 1.46. The van der Waals surface area contributed by atoms with Gasteiger partial charge in [-0.2, -0.15) is 5.26 Å². The molecule has 0 saturated carbocycles. The molecule has 0 aromatic carbocycles. The van der Waals surface area contributed by atoms with E-state index in [4.69, 9.17) is 16.7 Å². The summed E-state index contributed by atoms with van der Waals surface area (Å²) in [6, 6.07) is 1.69. The number of nitrogens with one attached hydrogen (secondary N) is 1. The van der Waals surface area contributed by atoms with Crippen molar-refractivity contribution < 1.29 is 0 Å². The van der Waals surface area contributed by atoms with Crippen LogP contribution in [0.4, 0.5) is 0 Å². The molecule has 0 bridgehead atoms. The molecule has 0 amide bonds. The van der Waals surface area contributed by atoms with E-state index >= 15 is 0 Å². The first-order valence-corrected chi connectivity index (χ1v) is 4.94. The molecule has 5 N–H and O–H groups in total. The quantitative estimate of drug-likeness (QED) is 0.407. The zero-order valence-corrected chi connectivity index (χ0v) is 8.84. The highest BCUT2D eigenvalue weighted by atomic mass is 14.8. The van der Waals surface area contributed by atoms with Crippen molar-refractivity contribution >= 4 is 0 Å². The average Bonchev–Trinajstić information content (AvgIpc) is 2.24. The molecule has 0 aliphatic carbocycles. The van der Waals surface area contributed by atoms with E-state index in [-0.39, 0.29) is 0 Å². The fourth-order valence-corrected chi connectivity index (χ4v) is 0.746. The van der Waals surface area contributed by atoms with Crippen molar-refractivity contribution in [1.82, 2.24) is 5.32 Å². The molecular formula is C10H22N4. The molecule has 0 saturated heterocycles. The second-order valence-electron chi connectivity index (χ2n) is 2.72. The molecule has 4 nitrogen and oxygen atoms in total. The lowest BCUT2D eigenvalue weighted by molar-refractivity contribution is 0.611. The summed E-state index contributed by atoms with van der Waals surface area (Å²) in [4.78, 5) is 0. The zero-order valence-electron chi connectivity index (χ0n) is 8.84. The Morgan fingerprint density at radius 1 is 1.14 bits per heavy atom. The molecule has 82 valence electrons. The van der Waals surface area contributed by atoms with Crippen LogP contribution in [0.2, 0.25) is 0 Å². The molecule has 14 heavy (non-hydrogen) atoms. The number of allylic oxidation sites excluding steroid dienone is 1. The van der Waals surface area contributed by atoms with Gasteiger partial charge in [-0.1, -0.05) is 6.58 Å². The Morgan fingerprint density at radius 3 is 2.07 bits per heavy atom. The molecule has 0 aliphatic heterocycles. The van der Waals surface area contributed by atoms with Gasteiger partial charge in [-0.3, -0.25) is 0 Å². The summed E-state index contributed by atoms with van der Waals surface area (Å²) in [5, 5.41) is 10.8. The van der Waals surface area contributed by atoms with E-state index < -0.39 is 0 Å². The van der Waals surface area contributed by atoms with Crippen LogP contribution in [0.15, 0.2) is 12.7 Å². The highest BCUT2D eigenvalue weighted by molar-refractivity contribution is 4.93. The molecule has 0 heterocycles. The van der Waals surface area contributed by atoms with Crippen molar-refractivity contribution in [1.29, 1.82) is 5.26 Å². The Hall–Kier alpha value is -0.890. The Kier molecular flexibility index (Phi) is 20.0. The maximum absolute atomic E-state index is 7.51. The number of unbranched alkanes of at least 4 members (excludes halogenated alkanes) is 1. The lowest BCUT2D eigenvalue weighted by Crippen LogP contribution is -2.19. The van der Waals surface area contributed by atoms with Gasteiger partial charge in [-0.05, 0) is 45.4 Å². The van der Waals surface area contributed by atoms with Crippen molar-refractivity contribution in [2.24, 2.45) is 11.5 Å². The summed E-state index contributed by atoms with van der Waals surface area (Å²) in [5.74, 6) is 0. The number of hydrogen-bond acceptors (Lipinski definition) is 4. The minimum absolute atomic E-state index is 0.782. The molecule has 0 radical (unpaired) electrons. The lowest BCUT2D eigenvalue weighted by Gasteiger charge is -2.01. The van der Waals surface area contributed by atoms with Gasteiger partial charge < -0.3 is 16.8 Å². The first-order valence-electron chi connectivity index (χ1n) is 4.94. The Balaban J connectivity index is 0. The van der Waals surface area contributed by atoms with E-state index in [0.717, 1.165) is 39.0 Å². The molecule has 0 atom stereocenters. The highest BCUT2D eigenvalue weighted by Crippen LogP contribution is 1.81. The minimum atomic E-state index is 0.782.